The first-order valence-corrected chi connectivity index (χ1v) is 9.73. The lowest BCUT2D eigenvalue weighted by Gasteiger charge is -2.36. The first-order valence-electron chi connectivity index (χ1n) is 9.35. The number of hydrogen-bond acceptors (Lipinski definition) is 5. The first-order chi connectivity index (χ1) is 13.7. The Morgan fingerprint density at radius 1 is 1.04 bits per heavy atom. The minimum absolute atomic E-state index is 0.121. The summed E-state index contributed by atoms with van der Waals surface area (Å²) >= 11 is 6.00. The van der Waals surface area contributed by atoms with E-state index in [0.717, 1.165) is 31.7 Å². The molecule has 0 spiro atoms. The van der Waals surface area contributed by atoms with Crippen LogP contribution in [0.2, 0.25) is 5.02 Å². The number of carbonyl (C=O) groups excluding carboxylic acids is 1. The fourth-order valence-electron chi connectivity index (χ4n) is 3.33. The molecule has 0 aliphatic carbocycles. The van der Waals surface area contributed by atoms with Crippen molar-refractivity contribution in [3.63, 3.8) is 0 Å². The third-order valence-electron chi connectivity index (χ3n) is 4.86. The molecular weight excluding hydrogens is 376 g/mol. The highest BCUT2D eigenvalue weighted by molar-refractivity contribution is 6.30. The van der Waals surface area contributed by atoms with Crippen molar-refractivity contribution >= 4 is 23.2 Å². The van der Waals surface area contributed by atoms with Crippen molar-refractivity contribution in [2.75, 3.05) is 31.1 Å². The maximum Gasteiger partial charge on any atom is 0.227 e. The molecule has 0 atom stereocenters. The van der Waals surface area contributed by atoms with Gasteiger partial charge in [0.25, 0.3) is 0 Å². The second-order valence-electron chi connectivity index (χ2n) is 6.73. The predicted octanol–water partition coefficient (Wildman–Crippen LogP) is 3.67. The van der Waals surface area contributed by atoms with Gasteiger partial charge in [-0.15, -0.1) is 0 Å². The predicted molar refractivity (Wildman–Crippen MR) is 108 cm³/mol. The third-order valence-corrected chi connectivity index (χ3v) is 5.09. The van der Waals surface area contributed by atoms with Crippen LogP contribution < -0.4 is 4.90 Å². The minimum Gasteiger partial charge on any atom is -0.368 e. The third kappa shape index (κ3) is 4.34. The van der Waals surface area contributed by atoms with Crippen LogP contribution in [0, 0.1) is 0 Å². The van der Waals surface area contributed by atoms with E-state index in [1.807, 2.05) is 35.2 Å². The summed E-state index contributed by atoms with van der Waals surface area (Å²) in [7, 11) is 0. The molecule has 0 bridgehead atoms. The van der Waals surface area contributed by atoms with Crippen LogP contribution in [0.4, 0.5) is 5.69 Å². The molecule has 28 heavy (non-hydrogen) atoms. The van der Waals surface area contributed by atoms with Crippen LogP contribution in [-0.4, -0.2) is 47.1 Å². The van der Waals surface area contributed by atoms with Crippen LogP contribution in [-0.2, 0) is 11.2 Å². The molecule has 0 N–H and O–H groups in total. The first kappa shape index (κ1) is 18.5. The zero-order valence-corrected chi connectivity index (χ0v) is 16.2. The largest absolute Gasteiger partial charge is 0.368 e. The molecule has 0 unspecified atom stereocenters. The molecule has 3 aromatic rings. The Morgan fingerprint density at radius 2 is 1.82 bits per heavy atom. The van der Waals surface area contributed by atoms with Crippen LogP contribution in [0.15, 0.2) is 59.1 Å². The SMILES string of the molecule is O=C(CCc1nc(-c2cccc(Cl)c2)no1)N1CCN(c2ccccc2)CC1. The summed E-state index contributed by atoms with van der Waals surface area (Å²) in [6, 6.07) is 17.6. The molecule has 1 saturated heterocycles. The topological polar surface area (TPSA) is 62.5 Å². The maximum absolute atomic E-state index is 12.5. The Hall–Kier alpha value is -2.86. The number of hydrogen-bond donors (Lipinski definition) is 0. The highest BCUT2D eigenvalue weighted by Gasteiger charge is 2.21. The molecule has 1 amide bonds. The van der Waals surface area contributed by atoms with Crippen molar-refractivity contribution in [3.8, 4) is 11.4 Å². The smallest absolute Gasteiger partial charge is 0.227 e. The quantitative estimate of drug-likeness (QED) is 0.658. The van der Waals surface area contributed by atoms with Crippen LogP contribution in [0.1, 0.15) is 12.3 Å². The molecule has 1 aliphatic heterocycles. The number of halogens is 1. The second-order valence-corrected chi connectivity index (χ2v) is 7.16. The number of para-hydroxylation sites is 1. The Morgan fingerprint density at radius 3 is 2.57 bits per heavy atom. The lowest BCUT2D eigenvalue weighted by atomic mass is 10.2. The second kappa shape index (κ2) is 8.44. The van der Waals surface area contributed by atoms with Gasteiger partial charge in [-0.2, -0.15) is 4.98 Å². The number of piperazine rings is 1. The van der Waals surface area contributed by atoms with Crippen molar-refractivity contribution < 1.29 is 9.32 Å². The Bertz CT molecular complexity index is 936. The average molecular weight is 397 g/mol. The molecule has 0 radical (unpaired) electrons. The van der Waals surface area contributed by atoms with Crippen molar-refractivity contribution in [1.29, 1.82) is 0 Å². The van der Waals surface area contributed by atoms with Gasteiger partial charge in [0.15, 0.2) is 0 Å². The molecule has 7 heteroatoms. The molecular formula is C21H21ClN4O2. The van der Waals surface area contributed by atoms with Gasteiger partial charge in [0.05, 0.1) is 0 Å². The number of nitrogens with zero attached hydrogens (tertiary/aromatic N) is 4. The zero-order valence-electron chi connectivity index (χ0n) is 15.4. The Labute approximate surface area is 168 Å². The van der Waals surface area contributed by atoms with E-state index in [1.54, 1.807) is 12.1 Å². The van der Waals surface area contributed by atoms with Gasteiger partial charge in [0, 0.05) is 55.3 Å². The minimum atomic E-state index is 0.121. The summed E-state index contributed by atoms with van der Waals surface area (Å²) in [4.78, 5) is 21.1. The van der Waals surface area contributed by atoms with Crippen LogP contribution in [0.25, 0.3) is 11.4 Å². The lowest BCUT2D eigenvalue weighted by Crippen LogP contribution is -2.48. The van der Waals surface area contributed by atoms with Crippen LogP contribution in [0.3, 0.4) is 0 Å². The van der Waals surface area contributed by atoms with E-state index < -0.39 is 0 Å². The number of anilines is 1. The fourth-order valence-corrected chi connectivity index (χ4v) is 3.52. The number of amides is 1. The Balaban J connectivity index is 1.28. The molecule has 2 heterocycles. The van der Waals surface area contributed by atoms with Crippen LogP contribution >= 0.6 is 11.6 Å². The van der Waals surface area contributed by atoms with Crippen molar-refractivity contribution in [2.24, 2.45) is 0 Å². The summed E-state index contributed by atoms with van der Waals surface area (Å²) in [5.41, 5.74) is 2.00. The highest BCUT2D eigenvalue weighted by Crippen LogP contribution is 2.20. The molecule has 0 saturated carbocycles. The maximum atomic E-state index is 12.5. The number of aryl methyl sites for hydroxylation is 1. The van der Waals surface area contributed by atoms with E-state index in [2.05, 4.69) is 27.2 Å². The van der Waals surface area contributed by atoms with Crippen molar-refractivity contribution in [3.05, 3.63) is 65.5 Å². The molecule has 144 valence electrons. The molecule has 1 aromatic heterocycles. The van der Waals surface area contributed by atoms with E-state index in [4.69, 9.17) is 16.1 Å². The standard InChI is InChI=1S/C21H21ClN4O2/c22-17-6-4-5-16(15-17)21-23-19(28-24-21)9-10-20(27)26-13-11-25(12-14-26)18-7-2-1-3-8-18/h1-8,15H,9-14H2. The summed E-state index contributed by atoms with van der Waals surface area (Å²) in [6.07, 6.45) is 0.799. The van der Waals surface area contributed by atoms with Gasteiger partial charge >= 0.3 is 0 Å². The van der Waals surface area contributed by atoms with Gasteiger partial charge in [-0.25, -0.2) is 0 Å². The van der Waals surface area contributed by atoms with E-state index in [-0.39, 0.29) is 5.91 Å². The highest BCUT2D eigenvalue weighted by atomic mass is 35.5. The molecule has 1 fully saturated rings. The Kier molecular flexibility index (Phi) is 5.58. The molecule has 4 rings (SSSR count). The van der Waals surface area contributed by atoms with E-state index in [1.165, 1.54) is 5.69 Å². The van der Waals surface area contributed by atoms with Crippen molar-refractivity contribution in [2.45, 2.75) is 12.8 Å². The van der Waals surface area contributed by atoms with Gasteiger partial charge < -0.3 is 14.3 Å². The van der Waals surface area contributed by atoms with E-state index in [0.29, 0.717) is 29.6 Å². The summed E-state index contributed by atoms with van der Waals surface area (Å²) in [5, 5.41) is 4.60. The van der Waals surface area contributed by atoms with Gasteiger partial charge in [-0.1, -0.05) is 47.1 Å². The van der Waals surface area contributed by atoms with Gasteiger partial charge in [0.2, 0.25) is 17.6 Å². The lowest BCUT2D eigenvalue weighted by molar-refractivity contribution is -0.131. The molecule has 2 aromatic carbocycles. The fraction of sp³-hybridized carbons (Fsp3) is 0.286. The average Bonchev–Trinajstić information content (AvgIpc) is 3.22. The number of benzene rings is 2. The van der Waals surface area contributed by atoms with Gasteiger partial charge in [0.1, 0.15) is 0 Å². The normalized spacial score (nSPS) is 14.3. The number of rotatable bonds is 5. The van der Waals surface area contributed by atoms with Crippen LogP contribution in [0.5, 0.6) is 0 Å². The number of aromatic nitrogens is 2. The van der Waals surface area contributed by atoms with E-state index in [9.17, 15) is 4.79 Å². The molecule has 6 nitrogen and oxygen atoms in total. The molecule has 1 aliphatic rings. The van der Waals surface area contributed by atoms with E-state index >= 15 is 0 Å². The van der Waals surface area contributed by atoms with Gasteiger partial charge in [-0.05, 0) is 24.3 Å². The van der Waals surface area contributed by atoms with Crippen molar-refractivity contribution in [1.82, 2.24) is 15.0 Å². The monoisotopic (exact) mass is 396 g/mol. The summed E-state index contributed by atoms with van der Waals surface area (Å²) < 4.78 is 5.29. The number of carbonyl (C=O) groups is 1. The summed E-state index contributed by atoms with van der Waals surface area (Å²) in [5.74, 6) is 1.07. The summed E-state index contributed by atoms with van der Waals surface area (Å²) in [6.45, 7) is 3.14. The van der Waals surface area contributed by atoms with Gasteiger partial charge in [-0.3, -0.25) is 4.79 Å². The zero-order chi connectivity index (χ0) is 19.3.